The minimum Gasteiger partial charge on any atom is -0.495 e. The van der Waals surface area contributed by atoms with Gasteiger partial charge in [-0.15, -0.1) is 0 Å². The standard InChI is InChI=1S/C16H17ClN2O4S/c1-10-8-11(4-6-13(10)19-24(3,21)22)16(20)18-14-9-12(17)5-7-15(14)23-2/h4-9,19H,1-3H3,(H,18,20). The molecule has 0 heterocycles. The highest BCUT2D eigenvalue weighted by Crippen LogP contribution is 2.28. The summed E-state index contributed by atoms with van der Waals surface area (Å²) in [7, 11) is -1.88. The van der Waals surface area contributed by atoms with Gasteiger partial charge in [-0.25, -0.2) is 8.42 Å². The number of methoxy groups -OCH3 is 1. The molecule has 0 aliphatic heterocycles. The smallest absolute Gasteiger partial charge is 0.255 e. The number of halogens is 1. The molecule has 0 unspecified atom stereocenters. The third kappa shape index (κ3) is 4.62. The second-order valence-corrected chi connectivity index (χ2v) is 7.39. The van der Waals surface area contributed by atoms with Crippen LogP contribution in [0.5, 0.6) is 5.75 Å². The zero-order valence-electron chi connectivity index (χ0n) is 13.4. The molecule has 2 aromatic carbocycles. The molecule has 24 heavy (non-hydrogen) atoms. The second kappa shape index (κ2) is 7.11. The Kier molecular flexibility index (Phi) is 5.36. The molecular formula is C16H17ClN2O4S. The number of carbonyl (C=O) groups is 1. The molecule has 128 valence electrons. The first-order chi connectivity index (χ1) is 11.2. The quantitative estimate of drug-likeness (QED) is 0.848. The summed E-state index contributed by atoms with van der Waals surface area (Å²) in [6.45, 7) is 1.71. The van der Waals surface area contributed by atoms with E-state index in [0.717, 1.165) is 6.26 Å². The van der Waals surface area contributed by atoms with Gasteiger partial charge in [-0.1, -0.05) is 11.6 Å². The highest BCUT2D eigenvalue weighted by molar-refractivity contribution is 7.92. The zero-order chi connectivity index (χ0) is 17.9. The van der Waals surface area contributed by atoms with Crippen molar-refractivity contribution in [3.8, 4) is 5.75 Å². The van der Waals surface area contributed by atoms with Crippen LogP contribution in [0, 0.1) is 6.92 Å². The lowest BCUT2D eigenvalue weighted by Crippen LogP contribution is -2.14. The van der Waals surface area contributed by atoms with Crippen molar-refractivity contribution < 1.29 is 17.9 Å². The molecule has 0 spiro atoms. The summed E-state index contributed by atoms with van der Waals surface area (Å²) in [4.78, 5) is 12.4. The van der Waals surface area contributed by atoms with Crippen LogP contribution in [-0.2, 0) is 10.0 Å². The van der Waals surface area contributed by atoms with Gasteiger partial charge < -0.3 is 10.1 Å². The molecule has 6 nitrogen and oxygen atoms in total. The number of sulfonamides is 1. The maximum absolute atomic E-state index is 12.4. The van der Waals surface area contributed by atoms with Crippen LogP contribution < -0.4 is 14.8 Å². The van der Waals surface area contributed by atoms with E-state index < -0.39 is 10.0 Å². The number of hydrogen-bond donors (Lipinski definition) is 2. The number of anilines is 2. The minimum atomic E-state index is -3.38. The fourth-order valence-electron chi connectivity index (χ4n) is 2.09. The Bertz CT molecular complexity index is 882. The van der Waals surface area contributed by atoms with Gasteiger partial charge in [-0.3, -0.25) is 9.52 Å². The Balaban J connectivity index is 2.25. The summed E-state index contributed by atoms with van der Waals surface area (Å²) < 4.78 is 30.2. The van der Waals surface area contributed by atoms with Crippen LogP contribution in [-0.4, -0.2) is 27.7 Å². The van der Waals surface area contributed by atoms with Crippen molar-refractivity contribution in [2.24, 2.45) is 0 Å². The van der Waals surface area contributed by atoms with Crippen molar-refractivity contribution in [1.29, 1.82) is 0 Å². The van der Waals surface area contributed by atoms with Crippen LogP contribution in [0.1, 0.15) is 15.9 Å². The normalized spacial score (nSPS) is 11.0. The van der Waals surface area contributed by atoms with Gasteiger partial charge in [0.25, 0.3) is 5.91 Å². The molecule has 0 saturated heterocycles. The summed E-state index contributed by atoms with van der Waals surface area (Å²) in [6.07, 6.45) is 1.07. The van der Waals surface area contributed by atoms with Crippen molar-refractivity contribution >= 4 is 38.9 Å². The molecule has 8 heteroatoms. The number of ether oxygens (including phenoxy) is 1. The van der Waals surface area contributed by atoms with Crippen LogP contribution in [0.4, 0.5) is 11.4 Å². The maximum atomic E-state index is 12.4. The van der Waals surface area contributed by atoms with Gasteiger partial charge in [0.15, 0.2) is 0 Å². The van der Waals surface area contributed by atoms with Crippen LogP contribution >= 0.6 is 11.6 Å². The van der Waals surface area contributed by atoms with E-state index in [-0.39, 0.29) is 5.91 Å². The van der Waals surface area contributed by atoms with Crippen molar-refractivity contribution in [2.45, 2.75) is 6.92 Å². The monoisotopic (exact) mass is 368 g/mol. The van der Waals surface area contributed by atoms with Crippen molar-refractivity contribution in [3.63, 3.8) is 0 Å². The summed E-state index contributed by atoms with van der Waals surface area (Å²) in [6, 6.07) is 9.58. The summed E-state index contributed by atoms with van der Waals surface area (Å²) in [5.41, 5.74) is 1.89. The average molecular weight is 369 g/mol. The van der Waals surface area contributed by atoms with E-state index in [1.165, 1.54) is 13.2 Å². The lowest BCUT2D eigenvalue weighted by molar-refractivity contribution is 0.102. The van der Waals surface area contributed by atoms with Crippen molar-refractivity contribution in [2.75, 3.05) is 23.4 Å². The SMILES string of the molecule is COc1ccc(Cl)cc1NC(=O)c1ccc(NS(C)(=O)=O)c(C)c1. The molecule has 0 radical (unpaired) electrons. The molecule has 1 amide bonds. The fourth-order valence-corrected chi connectivity index (χ4v) is 2.89. The molecule has 0 bridgehead atoms. The average Bonchev–Trinajstić information content (AvgIpc) is 2.48. The predicted octanol–water partition coefficient (Wildman–Crippen LogP) is 3.28. The number of benzene rings is 2. The van der Waals surface area contributed by atoms with Gasteiger partial charge in [0.05, 0.1) is 24.7 Å². The van der Waals surface area contributed by atoms with Gasteiger partial charge in [0, 0.05) is 10.6 Å². The van der Waals surface area contributed by atoms with E-state index >= 15 is 0 Å². The Morgan fingerprint density at radius 1 is 1.12 bits per heavy atom. The summed E-state index contributed by atoms with van der Waals surface area (Å²) in [5, 5.41) is 3.19. The van der Waals surface area contributed by atoms with Crippen LogP contribution in [0.3, 0.4) is 0 Å². The molecule has 2 rings (SSSR count). The number of hydrogen-bond acceptors (Lipinski definition) is 4. The van der Waals surface area contributed by atoms with E-state index in [1.807, 2.05) is 0 Å². The number of amides is 1. The Labute approximate surface area is 145 Å². The zero-order valence-corrected chi connectivity index (χ0v) is 15.0. The lowest BCUT2D eigenvalue weighted by atomic mass is 10.1. The van der Waals surface area contributed by atoms with Crippen LogP contribution in [0.2, 0.25) is 5.02 Å². The largest absolute Gasteiger partial charge is 0.495 e. The van der Waals surface area contributed by atoms with Gasteiger partial charge in [0.1, 0.15) is 5.75 Å². The Morgan fingerprint density at radius 3 is 2.42 bits per heavy atom. The van der Waals surface area contributed by atoms with E-state index in [4.69, 9.17) is 16.3 Å². The molecule has 0 aromatic heterocycles. The minimum absolute atomic E-state index is 0.357. The molecule has 0 atom stereocenters. The molecule has 0 aliphatic rings. The first-order valence-electron chi connectivity index (χ1n) is 6.93. The number of rotatable bonds is 5. The molecule has 2 N–H and O–H groups in total. The molecule has 0 fully saturated rings. The molecule has 0 aliphatic carbocycles. The van der Waals surface area contributed by atoms with Gasteiger partial charge in [-0.2, -0.15) is 0 Å². The van der Waals surface area contributed by atoms with E-state index in [1.54, 1.807) is 37.3 Å². The van der Waals surface area contributed by atoms with Gasteiger partial charge in [-0.05, 0) is 48.9 Å². The third-order valence-corrected chi connectivity index (χ3v) is 4.02. The molecular weight excluding hydrogens is 352 g/mol. The second-order valence-electron chi connectivity index (χ2n) is 5.20. The summed E-state index contributed by atoms with van der Waals surface area (Å²) >= 11 is 5.94. The highest BCUT2D eigenvalue weighted by Gasteiger charge is 2.13. The van der Waals surface area contributed by atoms with Crippen molar-refractivity contribution in [3.05, 3.63) is 52.5 Å². The van der Waals surface area contributed by atoms with Gasteiger partial charge in [0.2, 0.25) is 10.0 Å². The first kappa shape index (κ1) is 18.1. The van der Waals surface area contributed by atoms with Crippen LogP contribution in [0.25, 0.3) is 0 Å². The molecule has 0 saturated carbocycles. The van der Waals surface area contributed by atoms with E-state index in [0.29, 0.717) is 33.3 Å². The number of nitrogens with one attached hydrogen (secondary N) is 2. The van der Waals surface area contributed by atoms with E-state index in [9.17, 15) is 13.2 Å². The first-order valence-corrected chi connectivity index (χ1v) is 9.20. The number of aryl methyl sites for hydroxylation is 1. The lowest BCUT2D eigenvalue weighted by Gasteiger charge is -2.12. The van der Waals surface area contributed by atoms with Crippen molar-refractivity contribution in [1.82, 2.24) is 0 Å². The Morgan fingerprint density at radius 2 is 1.83 bits per heavy atom. The highest BCUT2D eigenvalue weighted by atomic mass is 35.5. The Hall–Kier alpha value is -2.25. The predicted molar refractivity (Wildman–Crippen MR) is 95.6 cm³/mol. The fraction of sp³-hybridized carbons (Fsp3) is 0.188. The topological polar surface area (TPSA) is 84.5 Å². The molecule has 2 aromatic rings. The maximum Gasteiger partial charge on any atom is 0.255 e. The van der Waals surface area contributed by atoms with E-state index in [2.05, 4.69) is 10.0 Å². The van der Waals surface area contributed by atoms with Gasteiger partial charge >= 0.3 is 0 Å². The van der Waals surface area contributed by atoms with Crippen LogP contribution in [0.15, 0.2) is 36.4 Å². The summed E-state index contributed by atoms with van der Waals surface area (Å²) in [5.74, 6) is 0.129. The third-order valence-electron chi connectivity index (χ3n) is 3.19. The number of carbonyl (C=O) groups excluding carboxylic acids is 1.